The maximum atomic E-state index is 14.4. The van der Waals surface area contributed by atoms with Crippen molar-refractivity contribution >= 4 is 27.5 Å². The number of carbonyl (C=O) groups excluding carboxylic acids is 1. The molecule has 0 saturated carbocycles. The third-order valence-electron chi connectivity index (χ3n) is 4.73. The van der Waals surface area contributed by atoms with Gasteiger partial charge in [-0.1, -0.05) is 27.7 Å². The molecule has 1 heterocycles. The van der Waals surface area contributed by atoms with E-state index in [1.54, 1.807) is 0 Å². The quantitative estimate of drug-likeness (QED) is 0.470. The Morgan fingerprint density at radius 3 is 2.07 bits per heavy atom. The number of hydrogen-bond donors (Lipinski definition) is 4. The summed E-state index contributed by atoms with van der Waals surface area (Å²) in [6.07, 6.45) is -0.159. The van der Waals surface area contributed by atoms with Crippen molar-refractivity contribution in [2.45, 2.75) is 69.6 Å². The van der Waals surface area contributed by atoms with Crippen molar-refractivity contribution in [2.75, 3.05) is 0 Å². The summed E-state index contributed by atoms with van der Waals surface area (Å²) < 4.78 is 43.3. The van der Waals surface area contributed by atoms with E-state index in [-0.39, 0.29) is 33.2 Å². The van der Waals surface area contributed by atoms with E-state index < -0.39 is 27.6 Å². The van der Waals surface area contributed by atoms with E-state index in [0.717, 1.165) is 17.4 Å². The number of carbonyl (C=O) groups is 1. The van der Waals surface area contributed by atoms with Crippen LogP contribution in [-0.2, 0) is 27.1 Å². The summed E-state index contributed by atoms with van der Waals surface area (Å²) in [6, 6.07) is 3.87. The lowest BCUT2D eigenvalue weighted by Crippen LogP contribution is -2.43. The predicted molar refractivity (Wildman–Crippen MR) is 118 cm³/mol. The van der Waals surface area contributed by atoms with Gasteiger partial charge in [-0.25, -0.2) is 13.0 Å². The number of rotatable bonds is 7. The molecule has 0 aliphatic heterocycles. The Hall–Kier alpha value is -1.68. The van der Waals surface area contributed by atoms with Crippen molar-refractivity contribution < 1.29 is 22.9 Å². The molecule has 5 nitrogen and oxygen atoms in total. The summed E-state index contributed by atoms with van der Waals surface area (Å²) in [6.45, 7) is 10.5. The van der Waals surface area contributed by atoms with Crippen LogP contribution in [0.25, 0.3) is 0 Å². The summed E-state index contributed by atoms with van der Waals surface area (Å²) in [7, 11) is -4.05. The van der Waals surface area contributed by atoms with E-state index >= 15 is 0 Å². The monoisotopic (exact) mass is 460 g/mol. The van der Waals surface area contributed by atoms with Gasteiger partial charge in [-0.2, -0.15) is 0 Å². The Bertz CT molecular complexity index is 966. The highest BCUT2D eigenvalue weighted by atomic mass is 32.3. The highest BCUT2D eigenvalue weighted by Gasteiger charge is 2.28. The molecular weight excluding hydrogens is 430 g/mol. The highest BCUT2D eigenvalue weighted by molar-refractivity contribution is 8.01. The van der Waals surface area contributed by atoms with Crippen LogP contribution >= 0.6 is 11.3 Å². The molecule has 0 atom stereocenters. The molecule has 1 aromatic heterocycles. The van der Waals surface area contributed by atoms with Gasteiger partial charge in [-0.05, 0) is 60.6 Å². The highest BCUT2D eigenvalue weighted by Crippen LogP contribution is 2.34. The van der Waals surface area contributed by atoms with Crippen molar-refractivity contribution in [1.82, 2.24) is 4.72 Å². The van der Waals surface area contributed by atoms with Crippen LogP contribution in [0.2, 0.25) is 0 Å². The number of halogens is 2. The van der Waals surface area contributed by atoms with Crippen LogP contribution in [0.3, 0.4) is 0 Å². The minimum absolute atomic E-state index is 0.0326. The smallest absolute Gasteiger partial charge is 0.235 e. The van der Waals surface area contributed by atoms with Gasteiger partial charge < -0.3 is 5.11 Å². The maximum Gasteiger partial charge on any atom is 0.235 e. The van der Waals surface area contributed by atoms with Crippen molar-refractivity contribution in [3.63, 3.8) is 0 Å². The summed E-state index contributed by atoms with van der Waals surface area (Å²) in [5, 5.41) is 15.9. The minimum Gasteiger partial charge on any atom is -0.385 e. The van der Waals surface area contributed by atoms with Crippen molar-refractivity contribution in [3.8, 4) is 0 Å². The number of benzene rings is 1. The molecule has 1 amide bonds. The van der Waals surface area contributed by atoms with E-state index in [2.05, 4.69) is 4.72 Å². The third kappa shape index (κ3) is 5.51. The van der Waals surface area contributed by atoms with Gasteiger partial charge in [0.25, 0.3) is 0 Å². The molecule has 0 spiro atoms. The Balaban J connectivity index is 2.36. The molecule has 0 aliphatic carbocycles. The minimum atomic E-state index is -4.05. The molecule has 30 heavy (non-hydrogen) atoms. The van der Waals surface area contributed by atoms with E-state index in [9.17, 15) is 22.9 Å². The van der Waals surface area contributed by atoms with Gasteiger partial charge in [-0.15, -0.1) is 11.3 Å². The SMILES string of the molecule is CC(C)c1cc(F)cc(C(C)C)c1CC(=O)N[SH](N)(=O)c1sc(C(C)(C)O)cc1F. The Morgan fingerprint density at radius 1 is 1.17 bits per heavy atom. The summed E-state index contributed by atoms with van der Waals surface area (Å²) >= 11 is 0.762. The van der Waals surface area contributed by atoms with Gasteiger partial charge in [-0.3, -0.25) is 14.7 Å². The summed E-state index contributed by atoms with van der Waals surface area (Å²) in [5.74, 6) is -1.93. The van der Waals surface area contributed by atoms with Gasteiger partial charge in [0.2, 0.25) is 5.91 Å². The number of hydrogen-bond acceptors (Lipinski definition) is 4. The van der Waals surface area contributed by atoms with Crippen LogP contribution in [-0.4, -0.2) is 15.2 Å². The van der Waals surface area contributed by atoms with Crippen LogP contribution in [0.4, 0.5) is 8.78 Å². The molecule has 2 aromatic rings. The van der Waals surface area contributed by atoms with Gasteiger partial charge in [0, 0.05) is 15.2 Å². The lowest BCUT2D eigenvalue weighted by atomic mass is 9.87. The number of thiophene rings is 1. The van der Waals surface area contributed by atoms with Gasteiger partial charge >= 0.3 is 0 Å². The third-order valence-corrected chi connectivity index (χ3v) is 8.44. The van der Waals surface area contributed by atoms with Crippen LogP contribution in [0.1, 0.15) is 74.9 Å². The average molecular weight is 461 g/mol. The first kappa shape index (κ1) is 24.6. The van der Waals surface area contributed by atoms with Crippen LogP contribution in [0.5, 0.6) is 0 Å². The fraction of sp³-hybridized carbons (Fsp3) is 0.476. The molecule has 9 heteroatoms. The van der Waals surface area contributed by atoms with Crippen molar-refractivity contribution in [1.29, 1.82) is 0 Å². The summed E-state index contributed by atoms with van der Waals surface area (Å²) in [4.78, 5) is 13.0. The van der Waals surface area contributed by atoms with Gasteiger partial charge in [0.15, 0.2) is 5.82 Å². The van der Waals surface area contributed by atoms with Crippen molar-refractivity contribution in [2.24, 2.45) is 5.14 Å². The van der Waals surface area contributed by atoms with E-state index in [0.29, 0.717) is 16.7 Å². The molecule has 0 aliphatic rings. The van der Waals surface area contributed by atoms with Crippen LogP contribution in [0.15, 0.2) is 22.4 Å². The lowest BCUT2D eigenvalue weighted by Gasteiger charge is -2.23. The number of nitrogens with two attached hydrogens (primary N) is 1. The normalized spacial score (nSPS) is 13.2. The average Bonchev–Trinajstić information content (AvgIpc) is 2.98. The maximum absolute atomic E-state index is 14.4. The first-order valence-electron chi connectivity index (χ1n) is 9.68. The fourth-order valence-electron chi connectivity index (χ4n) is 3.24. The standard InChI is InChI=1S/C21H30F2N2O3S2/c1-11(2)14-7-13(22)8-15(12(3)4)16(14)9-19(26)25-30(24,28)20-17(23)10-18(29-20)21(5,6)27/h7-8,10-12,27,30H,9H2,1-6H3,(H3,24,25,26,28). The topological polar surface area (TPSA) is 92.4 Å². The second-order valence-corrected chi connectivity index (χ2v) is 11.9. The molecule has 0 radical (unpaired) electrons. The molecule has 1 aromatic carbocycles. The largest absolute Gasteiger partial charge is 0.385 e. The molecular formula is C21H30F2N2O3S2. The van der Waals surface area contributed by atoms with Crippen LogP contribution in [0, 0.1) is 11.6 Å². The number of amides is 1. The molecule has 0 saturated heterocycles. The first-order chi connectivity index (χ1) is 13.6. The van der Waals surface area contributed by atoms with Crippen LogP contribution < -0.4 is 9.86 Å². The number of thiol groups is 1. The zero-order valence-corrected chi connectivity index (χ0v) is 19.8. The Kier molecular flexibility index (Phi) is 7.23. The zero-order chi connectivity index (χ0) is 23.0. The molecule has 4 N–H and O–H groups in total. The second kappa shape index (κ2) is 8.82. The Morgan fingerprint density at radius 2 is 1.67 bits per heavy atom. The predicted octanol–water partition coefficient (Wildman–Crippen LogP) is 4.02. The lowest BCUT2D eigenvalue weighted by molar-refractivity contribution is -0.118. The van der Waals surface area contributed by atoms with Gasteiger partial charge in [0.1, 0.15) is 10.0 Å². The van der Waals surface area contributed by atoms with E-state index in [1.165, 1.54) is 26.0 Å². The molecule has 0 fully saturated rings. The molecule has 0 unspecified atom stereocenters. The number of aliphatic hydroxyl groups is 1. The fourth-order valence-corrected chi connectivity index (χ4v) is 5.92. The van der Waals surface area contributed by atoms with E-state index in [4.69, 9.17) is 5.14 Å². The van der Waals surface area contributed by atoms with E-state index in [1.807, 2.05) is 27.7 Å². The second-order valence-electron chi connectivity index (χ2n) is 8.56. The first-order valence-corrected chi connectivity index (χ1v) is 12.3. The summed E-state index contributed by atoms with van der Waals surface area (Å²) in [5.41, 5.74) is 0.697. The van der Waals surface area contributed by atoms with Gasteiger partial charge in [0.05, 0.1) is 12.0 Å². The zero-order valence-electron chi connectivity index (χ0n) is 18.0. The Labute approximate surface area is 181 Å². The molecule has 168 valence electrons. The number of nitrogens with one attached hydrogen (secondary N) is 1. The molecule has 0 bridgehead atoms. The van der Waals surface area contributed by atoms with Crippen molar-refractivity contribution in [3.05, 3.63) is 51.4 Å². The molecule has 2 rings (SSSR count).